The van der Waals surface area contributed by atoms with Gasteiger partial charge >= 0.3 is 0 Å². The summed E-state index contributed by atoms with van der Waals surface area (Å²) in [5.74, 6) is 0.115. The number of benzene rings is 1. The lowest BCUT2D eigenvalue weighted by Gasteiger charge is -2.43. The second-order valence-electron chi connectivity index (χ2n) is 4.70. The standard InChI is InChI=1S/C12H14N2O2/c1-7-3-4-8(15)9-10(7)12(5-2-6-12)14(16)11(9)13/h3-4,13,15-16H,2,5-6H2,1H3. The van der Waals surface area contributed by atoms with Crippen LogP contribution >= 0.6 is 0 Å². The molecule has 2 aliphatic rings. The number of hydrogen-bond donors (Lipinski definition) is 3. The number of rotatable bonds is 0. The van der Waals surface area contributed by atoms with Gasteiger partial charge in [0, 0.05) is 0 Å². The number of nitrogens with zero attached hydrogens (tertiary/aromatic N) is 1. The summed E-state index contributed by atoms with van der Waals surface area (Å²) in [6.07, 6.45) is 2.76. The molecule has 0 bridgehead atoms. The van der Waals surface area contributed by atoms with Gasteiger partial charge in [-0.2, -0.15) is 0 Å². The maximum absolute atomic E-state index is 10.0. The molecule has 0 radical (unpaired) electrons. The lowest BCUT2D eigenvalue weighted by atomic mass is 9.71. The number of phenolic OH excluding ortho intramolecular Hbond substituents is 1. The topological polar surface area (TPSA) is 67.6 Å². The molecule has 0 unspecified atom stereocenters. The molecular formula is C12H14N2O2. The Morgan fingerprint density at radius 1 is 1.38 bits per heavy atom. The average Bonchev–Trinajstić information content (AvgIpc) is 2.44. The molecule has 1 aliphatic heterocycles. The van der Waals surface area contributed by atoms with E-state index in [4.69, 9.17) is 5.41 Å². The largest absolute Gasteiger partial charge is 0.507 e. The van der Waals surface area contributed by atoms with Crippen molar-refractivity contribution in [3.8, 4) is 5.75 Å². The highest BCUT2D eigenvalue weighted by Crippen LogP contribution is 2.54. The molecule has 0 aromatic heterocycles. The van der Waals surface area contributed by atoms with Crippen LogP contribution < -0.4 is 0 Å². The minimum absolute atomic E-state index is 0.0240. The summed E-state index contributed by atoms with van der Waals surface area (Å²) in [6, 6.07) is 3.44. The van der Waals surface area contributed by atoms with E-state index in [-0.39, 0.29) is 11.6 Å². The quantitative estimate of drug-likeness (QED) is 0.624. The second-order valence-corrected chi connectivity index (χ2v) is 4.70. The van der Waals surface area contributed by atoms with Gasteiger partial charge in [0.1, 0.15) is 5.75 Å². The van der Waals surface area contributed by atoms with Crippen LogP contribution in [0.25, 0.3) is 0 Å². The fourth-order valence-electron chi connectivity index (χ4n) is 2.93. The van der Waals surface area contributed by atoms with Gasteiger partial charge in [-0.25, -0.2) is 5.06 Å². The van der Waals surface area contributed by atoms with Crippen molar-refractivity contribution < 1.29 is 10.3 Å². The number of hydroxylamine groups is 2. The minimum atomic E-state index is -0.435. The minimum Gasteiger partial charge on any atom is -0.507 e. The van der Waals surface area contributed by atoms with Crippen LogP contribution in [0.15, 0.2) is 12.1 Å². The van der Waals surface area contributed by atoms with E-state index in [9.17, 15) is 10.3 Å². The van der Waals surface area contributed by atoms with E-state index in [0.717, 1.165) is 35.5 Å². The monoisotopic (exact) mass is 218 g/mol. The lowest BCUT2D eigenvalue weighted by molar-refractivity contribution is -0.138. The molecule has 3 rings (SSSR count). The van der Waals surface area contributed by atoms with Crippen molar-refractivity contribution in [3.05, 3.63) is 28.8 Å². The summed E-state index contributed by atoms with van der Waals surface area (Å²) < 4.78 is 0. The number of aryl methyl sites for hydroxylation is 1. The molecule has 0 saturated heterocycles. The summed E-state index contributed by atoms with van der Waals surface area (Å²) in [4.78, 5) is 0. The number of hydrogen-bond acceptors (Lipinski definition) is 3. The van der Waals surface area contributed by atoms with Crippen LogP contribution in [0.2, 0.25) is 0 Å². The maximum Gasteiger partial charge on any atom is 0.157 e. The van der Waals surface area contributed by atoms with Gasteiger partial charge in [0.25, 0.3) is 0 Å². The highest BCUT2D eigenvalue weighted by atomic mass is 16.5. The van der Waals surface area contributed by atoms with Gasteiger partial charge in [0.05, 0.1) is 11.1 Å². The van der Waals surface area contributed by atoms with E-state index >= 15 is 0 Å². The van der Waals surface area contributed by atoms with Crippen molar-refractivity contribution in [2.24, 2.45) is 0 Å². The van der Waals surface area contributed by atoms with Gasteiger partial charge in [0.2, 0.25) is 0 Å². The third-order valence-corrected chi connectivity index (χ3v) is 3.89. The van der Waals surface area contributed by atoms with Crippen LogP contribution in [-0.2, 0) is 5.54 Å². The Morgan fingerprint density at radius 2 is 2.06 bits per heavy atom. The third kappa shape index (κ3) is 0.865. The van der Waals surface area contributed by atoms with Gasteiger partial charge < -0.3 is 5.11 Å². The number of phenols is 1. The molecule has 4 nitrogen and oxygen atoms in total. The van der Waals surface area contributed by atoms with Crippen molar-refractivity contribution in [3.63, 3.8) is 0 Å². The molecule has 1 aromatic rings. The lowest BCUT2D eigenvalue weighted by Crippen LogP contribution is -2.47. The van der Waals surface area contributed by atoms with Gasteiger partial charge in [-0.1, -0.05) is 6.07 Å². The van der Waals surface area contributed by atoms with Gasteiger partial charge in [-0.3, -0.25) is 10.6 Å². The molecule has 1 spiro atoms. The highest BCUT2D eigenvalue weighted by molar-refractivity contribution is 6.04. The van der Waals surface area contributed by atoms with Gasteiger partial charge in [0.15, 0.2) is 5.84 Å². The van der Waals surface area contributed by atoms with Crippen molar-refractivity contribution >= 4 is 5.84 Å². The SMILES string of the molecule is Cc1ccc(O)c2c1C1(CCC1)N(O)C2=N. The van der Waals surface area contributed by atoms with E-state index in [0.29, 0.717) is 5.56 Å². The Hall–Kier alpha value is -1.55. The second kappa shape index (κ2) is 2.77. The summed E-state index contributed by atoms with van der Waals surface area (Å²) in [5.41, 5.74) is 2.04. The molecule has 1 aromatic carbocycles. The zero-order valence-corrected chi connectivity index (χ0v) is 9.12. The van der Waals surface area contributed by atoms with Crippen LogP contribution in [0.1, 0.15) is 36.0 Å². The van der Waals surface area contributed by atoms with E-state index < -0.39 is 5.54 Å². The van der Waals surface area contributed by atoms with Crippen LogP contribution in [0.3, 0.4) is 0 Å². The molecule has 16 heavy (non-hydrogen) atoms. The fraction of sp³-hybridized carbons (Fsp3) is 0.417. The molecule has 84 valence electrons. The van der Waals surface area contributed by atoms with E-state index in [1.165, 1.54) is 0 Å². The summed E-state index contributed by atoms with van der Waals surface area (Å²) in [6.45, 7) is 1.96. The Bertz CT molecular complexity index is 492. The molecule has 4 heteroatoms. The molecule has 1 heterocycles. The van der Waals surface area contributed by atoms with Crippen LogP contribution in [0.5, 0.6) is 5.75 Å². The smallest absolute Gasteiger partial charge is 0.157 e. The highest BCUT2D eigenvalue weighted by Gasteiger charge is 2.53. The first-order valence-electron chi connectivity index (χ1n) is 5.49. The van der Waals surface area contributed by atoms with E-state index in [1.54, 1.807) is 6.07 Å². The molecule has 1 aliphatic carbocycles. The Kier molecular flexibility index (Phi) is 1.67. The molecule has 3 N–H and O–H groups in total. The van der Waals surface area contributed by atoms with Gasteiger partial charge in [-0.15, -0.1) is 0 Å². The molecule has 0 atom stereocenters. The molecule has 1 saturated carbocycles. The van der Waals surface area contributed by atoms with Crippen LogP contribution in [0, 0.1) is 12.3 Å². The first kappa shape index (κ1) is 9.66. The summed E-state index contributed by atoms with van der Waals surface area (Å²) in [5, 5.41) is 28.8. The summed E-state index contributed by atoms with van der Waals surface area (Å²) in [7, 11) is 0. The van der Waals surface area contributed by atoms with Crippen molar-refractivity contribution in [2.45, 2.75) is 31.7 Å². The fourth-order valence-corrected chi connectivity index (χ4v) is 2.93. The van der Waals surface area contributed by atoms with E-state index in [2.05, 4.69) is 0 Å². The normalized spacial score (nSPS) is 21.1. The molecule has 1 fully saturated rings. The predicted molar refractivity (Wildman–Crippen MR) is 58.8 cm³/mol. The Labute approximate surface area is 93.6 Å². The van der Waals surface area contributed by atoms with Crippen molar-refractivity contribution in [1.82, 2.24) is 5.06 Å². The Morgan fingerprint density at radius 3 is 2.62 bits per heavy atom. The zero-order valence-electron chi connectivity index (χ0n) is 9.12. The third-order valence-electron chi connectivity index (χ3n) is 3.89. The van der Waals surface area contributed by atoms with Crippen LogP contribution in [0.4, 0.5) is 0 Å². The number of fused-ring (bicyclic) bond motifs is 2. The van der Waals surface area contributed by atoms with E-state index in [1.807, 2.05) is 13.0 Å². The van der Waals surface area contributed by atoms with Crippen LogP contribution in [-0.4, -0.2) is 21.2 Å². The molecule has 0 amide bonds. The zero-order chi connectivity index (χ0) is 11.5. The predicted octanol–water partition coefficient (Wildman–Crippen LogP) is 2.11. The summed E-state index contributed by atoms with van der Waals surface area (Å²) >= 11 is 0. The number of nitrogens with one attached hydrogen (secondary N) is 1. The average molecular weight is 218 g/mol. The number of amidine groups is 1. The van der Waals surface area contributed by atoms with Crippen molar-refractivity contribution in [1.29, 1.82) is 5.41 Å². The maximum atomic E-state index is 10.0. The van der Waals surface area contributed by atoms with Gasteiger partial charge in [-0.05, 0) is 43.4 Å². The molecular weight excluding hydrogens is 204 g/mol. The first-order valence-corrected chi connectivity index (χ1v) is 5.49. The number of aromatic hydroxyl groups is 1. The van der Waals surface area contributed by atoms with Crippen molar-refractivity contribution in [2.75, 3.05) is 0 Å². The first-order chi connectivity index (χ1) is 7.58. The Balaban J connectivity index is 2.32.